The molecule has 0 saturated heterocycles. The van der Waals surface area contributed by atoms with Gasteiger partial charge in [0.25, 0.3) is 0 Å². The van der Waals surface area contributed by atoms with Crippen molar-refractivity contribution in [3.63, 3.8) is 0 Å². The molecule has 0 saturated carbocycles. The number of rotatable bonds is 2. The molecule has 2 rings (SSSR count). The number of pyridine rings is 1. The van der Waals surface area contributed by atoms with Crippen LogP contribution in [0.4, 0.5) is 15.3 Å². The van der Waals surface area contributed by atoms with Gasteiger partial charge in [-0.05, 0) is 47.6 Å². The normalized spacial score (nSPS) is 10.9. The van der Waals surface area contributed by atoms with Crippen LogP contribution in [0.25, 0.3) is 5.65 Å². The predicted octanol–water partition coefficient (Wildman–Crippen LogP) is 4.82. The number of ether oxygens (including phenoxy) is 3. The molecule has 0 aromatic carbocycles. The minimum absolute atomic E-state index is 0. The molecule has 0 N–H and O–H groups in total. The van der Waals surface area contributed by atoms with E-state index in [9.17, 15) is 14.4 Å². The van der Waals surface area contributed by atoms with Crippen LogP contribution in [0.2, 0.25) is 0 Å². The number of anilines is 1. The van der Waals surface area contributed by atoms with E-state index in [1.165, 1.54) is 30.0 Å². The summed E-state index contributed by atoms with van der Waals surface area (Å²) in [6, 6.07) is 1.34. The van der Waals surface area contributed by atoms with Gasteiger partial charge in [-0.3, -0.25) is 0 Å². The Labute approximate surface area is 206 Å². The van der Waals surface area contributed by atoms with Gasteiger partial charge in [0.2, 0.25) is 0 Å². The van der Waals surface area contributed by atoms with Crippen LogP contribution >= 0.6 is 0 Å². The number of aromatic nitrogens is 2. The van der Waals surface area contributed by atoms with Gasteiger partial charge in [0, 0.05) is 49.7 Å². The van der Waals surface area contributed by atoms with Crippen molar-refractivity contribution in [1.29, 1.82) is 0 Å². The van der Waals surface area contributed by atoms with Crippen LogP contribution in [0.1, 0.15) is 65.7 Å². The number of carbonyl (C=O) groups excluding carboxylic acids is 3. The molecule has 0 aliphatic rings. The number of carbonyl (C=O) groups is 3. The number of hydrogen-bond acceptors (Lipinski definition) is 7. The van der Waals surface area contributed by atoms with Gasteiger partial charge in [0.1, 0.15) is 16.9 Å². The quantitative estimate of drug-likeness (QED) is 0.337. The minimum Gasteiger partial charge on any atom is -0.465 e. The van der Waals surface area contributed by atoms with Crippen molar-refractivity contribution < 1.29 is 59.7 Å². The zero-order valence-corrected chi connectivity index (χ0v) is 23.8. The van der Waals surface area contributed by atoms with E-state index >= 15 is 0 Å². The Bertz CT molecular complexity index is 884. The second kappa shape index (κ2) is 11.5. The topological polar surface area (TPSA) is 99.4 Å². The van der Waals surface area contributed by atoms with E-state index in [1.54, 1.807) is 47.7 Å². The SMILES string of the molecule is CC.COC(=O)c1cc(N(C(=O)OC(C)(C)C)C(=O)OC(C)(C)C)c2nccn2c1.[U]. The number of imide groups is 1. The summed E-state index contributed by atoms with van der Waals surface area (Å²) in [4.78, 5) is 42.7. The number of esters is 1. The van der Waals surface area contributed by atoms with E-state index < -0.39 is 29.4 Å². The average Bonchev–Trinajstić information content (AvgIpc) is 3.08. The standard InChI is InChI=1S/C19H25N3O6.C2H6.U/c1-18(2,3)27-16(24)22(17(25)28-19(4,5)6)13-10-12(15(23)26-7)11-21-9-8-20-14(13)21;1-2;/h8-11H,1-7H3;1-2H3;. The maximum Gasteiger partial charge on any atom is 0.424 e. The first kappa shape index (κ1) is 29.0. The summed E-state index contributed by atoms with van der Waals surface area (Å²) in [6.45, 7) is 14.0. The summed E-state index contributed by atoms with van der Waals surface area (Å²) in [5.74, 6) is -0.634. The first-order valence-electron chi connectivity index (χ1n) is 9.63. The molecule has 2 heterocycles. The fraction of sp³-hybridized carbons (Fsp3) is 0.524. The number of imidazole rings is 1. The third-order valence-corrected chi connectivity index (χ3v) is 3.28. The maximum absolute atomic E-state index is 12.9. The molecule has 0 atom stereocenters. The van der Waals surface area contributed by atoms with E-state index in [0.717, 1.165) is 4.90 Å². The molecule has 0 radical (unpaired) electrons. The summed E-state index contributed by atoms with van der Waals surface area (Å²) in [5, 5.41) is 0. The van der Waals surface area contributed by atoms with Crippen molar-refractivity contribution in [2.24, 2.45) is 0 Å². The second-order valence-electron chi connectivity index (χ2n) is 8.06. The van der Waals surface area contributed by atoms with Gasteiger partial charge in [-0.25, -0.2) is 19.4 Å². The fourth-order valence-corrected chi connectivity index (χ4v) is 2.29. The van der Waals surface area contributed by atoms with Crippen LogP contribution in [-0.4, -0.2) is 45.9 Å². The average molecular weight is 660 g/mol. The van der Waals surface area contributed by atoms with E-state index in [2.05, 4.69) is 4.98 Å². The van der Waals surface area contributed by atoms with Crippen molar-refractivity contribution >= 4 is 29.5 Å². The van der Waals surface area contributed by atoms with E-state index in [1.807, 2.05) is 13.8 Å². The zero-order valence-electron chi connectivity index (χ0n) is 19.6. The molecule has 170 valence electrons. The Morgan fingerprint density at radius 2 is 1.45 bits per heavy atom. The molecule has 10 heteroatoms. The monoisotopic (exact) mass is 659 g/mol. The van der Waals surface area contributed by atoms with E-state index in [4.69, 9.17) is 14.2 Å². The van der Waals surface area contributed by atoms with Gasteiger partial charge < -0.3 is 18.6 Å². The molecule has 2 aromatic rings. The van der Waals surface area contributed by atoms with Gasteiger partial charge >= 0.3 is 18.2 Å². The van der Waals surface area contributed by atoms with Gasteiger partial charge in [-0.15, -0.1) is 0 Å². The minimum atomic E-state index is -0.950. The molecular formula is C21H31N3O6U. The third kappa shape index (κ3) is 8.19. The van der Waals surface area contributed by atoms with Gasteiger partial charge in [-0.2, -0.15) is 4.90 Å². The number of fused-ring (bicyclic) bond motifs is 1. The van der Waals surface area contributed by atoms with Crippen LogP contribution in [-0.2, 0) is 14.2 Å². The summed E-state index contributed by atoms with van der Waals surface area (Å²) >= 11 is 0. The summed E-state index contributed by atoms with van der Waals surface area (Å²) in [7, 11) is 1.24. The molecular weight excluding hydrogens is 628 g/mol. The molecule has 0 unspecified atom stereocenters. The molecule has 0 aliphatic carbocycles. The zero-order chi connectivity index (χ0) is 23.3. The summed E-state index contributed by atoms with van der Waals surface area (Å²) < 4.78 is 17.0. The first-order chi connectivity index (χ1) is 13.8. The molecule has 2 amide bonds. The second-order valence-corrected chi connectivity index (χ2v) is 8.06. The van der Waals surface area contributed by atoms with Crippen molar-refractivity contribution in [3.05, 3.63) is 30.2 Å². The third-order valence-electron chi connectivity index (χ3n) is 3.28. The molecule has 0 spiro atoms. The van der Waals surface area contributed by atoms with Crippen LogP contribution in [0.5, 0.6) is 0 Å². The van der Waals surface area contributed by atoms with Crippen LogP contribution in [0.3, 0.4) is 0 Å². The first-order valence-corrected chi connectivity index (χ1v) is 9.63. The molecule has 2 aromatic heterocycles. The largest absolute Gasteiger partial charge is 0.465 e. The Balaban J connectivity index is 0.00000291. The van der Waals surface area contributed by atoms with Gasteiger partial charge in [0.05, 0.1) is 12.7 Å². The van der Waals surface area contributed by atoms with Crippen LogP contribution in [0, 0.1) is 31.1 Å². The summed E-state index contributed by atoms with van der Waals surface area (Å²) in [6.07, 6.45) is 2.64. The number of hydrogen-bond donors (Lipinski definition) is 0. The maximum atomic E-state index is 12.9. The molecule has 9 nitrogen and oxygen atoms in total. The van der Waals surface area contributed by atoms with Gasteiger partial charge in [0.15, 0.2) is 5.65 Å². The number of methoxy groups -OCH3 is 1. The Hall–Kier alpha value is -2.05. The van der Waals surface area contributed by atoms with Crippen molar-refractivity contribution in [3.8, 4) is 0 Å². The predicted molar refractivity (Wildman–Crippen MR) is 113 cm³/mol. The smallest absolute Gasteiger partial charge is 0.424 e. The fourth-order valence-electron chi connectivity index (χ4n) is 2.29. The Morgan fingerprint density at radius 3 is 1.87 bits per heavy atom. The molecule has 0 bridgehead atoms. The van der Waals surface area contributed by atoms with E-state index in [0.29, 0.717) is 0 Å². The van der Waals surface area contributed by atoms with Crippen LogP contribution < -0.4 is 4.90 Å². The molecule has 31 heavy (non-hydrogen) atoms. The van der Waals surface area contributed by atoms with E-state index in [-0.39, 0.29) is 48.0 Å². The molecule has 0 fully saturated rings. The Kier molecular flexibility index (Phi) is 10.8. The molecule has 0 aliphatic heterocycles. The van der Waals surface area contributed by atoms with Crippen molar-refractivity contribution in [2.75, 3.05) is 12.0 Å². The summed E-state index contributed by atoms with van der Waals surface area (Å²) in [5.41, 5.74) is -1.28. The van der Waals surface area contributed by atoms with Crippen molar-refractivity contribution in [1.82, 2.24) is 9.38 Å². The number of amides is 2. The van der Waals surface area contributed by atoms with Gasteiger partial charge in [-0.1, -0.05) is 13.8 Å². The van der Waals surface area contributed by atoms with Crippen molar-refractivity contribution in [2.45, 2.75) is 66.6 Å². The Morgan fingerprint density at radius 1 is 0.968 bits per heavy atom. The van der Waals surface area contributed by atoms with Crippen LogP contribution in [0.15, 0.2) is 24.7 Å². The number of nitrogens with zero attached hydrogens (tertiary/aromatic N) is 3.